The van der Waals surface area contributed by atoms with Gasteiger partial charge in [0, 0.05) is 16.1 Å². The Morgan fingerprint density at radius 3 is 2.57 bits per heavy atom. The van der Waals surface area contributed by atoms with E-state index in [2.05, 4.69) is 27.9 Å². The predicted molar refractivity (Wildman–Crippen MR) is 148 cm³/mol. The van der Waals surface area contributed by atoms with Crippen LogP contribution in [0.25, 0.3) is 16.8 Å². The molecule has 0 aliphatic heterocycles. The number of carbonyl (C=O) groups excluding carboxylic acids is 1. The van der Waals surface area contributed by atoms with E-state index in [1.54, 1.807) is 13.2 Å². The van der Waals surface area contributed by atoms with E-state index in [4.69, 9.17) is 21.1 Å². The van der Waals surface area contributed by atoms with Crippen molar-refractivity contribution in [2.75, 3.05) is 12.4 Å². The molecule has 174 valence electrons. The Balaban J connectivity index is 1.57. The maximum atomic E-state index is 12.9. The van der Waals surface area contributed by atoms with Gasteiger partial charge in [-0.15, -0.1) is 0 Å². The molecule has 0 bridgehead atoms. The van der Waals surface area contributed by atoms with Gasteiger partial charge in [0.1, 0.15) is 18.2 Å². The highest BCUT2D eigenvalue weighted by molar-refractivity contribution is 14.1. The number of halogens is 2. The standard InChI is InChI=1S/C28H20ClIN2O3/c1-34-26-15-19(14-24(30)27(26)35-17-18-9-11-22(29)12-10-18)13-21(16-31)28(33)32-25-8-4-6-20-5-2-3-7-23(20)25/h2-15H,17H2,1H3,(H,32,33)/b21-13+. The summed E-state index contributed by atoms with van der Waals surface area (Å²) >= 11 is 8.10. The Bertz CT molecular complexity index is 1450. The number of nitrogens with zero attached hydrogens (tertiary/aromatic N) is 1. The highest BCUT2D eigenvalue weighted by Gasteiger charge is 2.15. The van der Waals surface area contributed by atoms with E-state index in [0.717, 1.165) is 19.9 Å². The molecule has 0 aromatic heterocycles. The number of hydrogen-bond donors (Lipinski definition) is 1. The minimum Gasteiger partial charge on any atom is -0.493 e. The molecule has 1 amide bonds. The van der Waals surface area contributed by atoms with Crippen molar-refractivity contribution in [3.8, 4) is 17.6 Å². The van der Waals surface area contributed by atoms with E-state index >= 15 is 0 Å². The first-order valence-corrected chi connectivity index (χ1v) is 12.1. The molecular formula is C28H20ClIN2O3. The molecule has 0 aliphatic carbocycles. The van der Waals surface area contributed by atoms with Crippen LogP contribution in [0.1, 0.15) is 11.1 Å². The van der Waals surface area contributed by atoms with Crippen molar-refractivity contribution in [2.45, 2.75) is 6.61 Å². The highest BCUT2D eigenvalue weighted by atomic mass is 127. The summed E-state index contributed by atoms with van der Waals surface area (Å²) in [5.41, 5.74) is 2.24. The van der Waals surface area contributed by atoms with Crippen LogP contribution < -0.4 is 14.8 Å². The number of carbonyl (C=O) groups is 1. The third-order valence-corrected chi connectivity index (χ3v) is 6.32. The molecule has 1 N–H and O–H groups in total. The van der Waals surface area contributed by atoms with Gasteiger partial charge >= 0.3 is 0 Å². The molecule has 0 unspecified atom stereocenters. The van der Waals surface area contributed by atoms with E-state index in [1.807, 2.05) is 78.9 Å². The number of ether oxygens (including phenoxy) is 2. The first kappa shape index (κ1) is 24.6. The molecule has 0 saturated carbocycles. The van der Waals surface area contributed by atoms with Gasteiger partial charge in [-0.3, -0.25) is 4.79 Å². The van der Waals surface area contributed by atoms with Crippen LogP contribution in [0.15, 0.2) is 84.4 Å². The molecule has 5 nitrogen and oxygen atoms in total. The van der Waals surface area contributed by atoms with Gasteiger partial charge < -0.3 is 14.8 Å². The molecule has 0 radical (unpaired) electrons. The second kappa shape index (κ2) is 11.3. The zero-order valence-corrected chi connectivity index (χ0v) is 21.6. The predicted octanol–water partition coefficient (Wildman–Crippen LogP) is 7.23. The molecule has 35 heavy (non-hydrogen) atoms. The molecule has 4 rings (SSSR count). The number of hydrogen-bond acceptors (Lipinski definition) is 4. The highest BCUT2D eigenvalue weighted by Crippen LogP contribution is 2.35. The monoisotopic (exact) mass is 594 g/mol. The van der Waals surface area contributed by atoms with Crippen molar-refractivity contribution < 1.29 is 14.3 Å². The van der Waals surface area contributed by atoms with E-state index in [0.29, 0.717) is 34.4 Å². The number of fused-ring (bicyclic) bond motifs is 1. The Morgan fingerprint density at radius 1 is 1.09 bits per heavy atom. The van der Waals surface area contributed by atoms with Crippen LogP contribution >= 0.6 is 34.2 Å². The number of benzene rings is 4. The zero-order chi connectivity index (χ0) is 24.8. The first-order chi connectivity index (χ1) is 17.0. The number of amides is 1. The van der Waals surface area contributed by atoms with Gasteiger partial charge in [-0.25, -0.2) is 0 Å². The third kappa shape index (κ3) is 5.94. The number of nitrogens with one attached hydrogen (secondary N) is 1. The number of methoxy groups -OCH3 is 1. The average Bonchev–Trinajstić information content (AvgIpc) is 2.87. The Labute approximate surface area is 222 Å². The topological polar surface area (TPSA) is 71.3 Å². The molecule has 0 heterocycles. The average molecular weight is 595 g/mol. The lowest BCUT2D eigenvalue weighted by atomic mass is 10.1. The number of anilines is 1. The molecule has 0 fully saturated rings. The van der Waals surface area contributed by atoms with Crippen molar-refractivity contribution in [3.05, 3.63) is 104 Å². The van der Waals surface area contributed by atoms with Crippen LogP contribution in [0.5, 0.6) is 11.5 Å². The van der Waals surface area contributed by atoms with Crippen LogP contribution in [0.2, 0.25) is 5.02 Å². The smallest absolute Gasteiger partial charge is 0.266 e. The van der Waals surface area contributed by atoms with Gasteiger partial charge in [0.2, 0.25) is 0 Å². The van der Waals surface area contributed by atoms with Crippen molar-refractivity contribution in [1.82, 2.24) is 0 Å². The normalized spacial score (nSPS) is 11.1. The Kier molecular flexibility index (Phi) is 7.91. The van der Waals surface area contributed by atoms with E-state index in [-0.39, 0.29) is 5.57 Å². The lowest BCUT2D eigenvalue weighted by Crippen LogP contribution is -2.13. The van der Waals surface area contributed by atoms with Crippen LogP contribution in [0.4, 0.5) is 5.69 Å². The van der Waals surface area contributed by atoms with Gasteiger partial charge in [0.25, 0.3) is 5.91 Å². The molecule has 7 heteroatoms. The summed E-state index contributed by atoms with van der Waals surface area (Å²) in [5.74, 6) is 0.601. The summed E-state index contributed by atoms with van der Waals surface area (Å²) in [7, 11) is 1.55. The molecule has 4 aromatic carbocycles. The zero-order valence-electron chi connectivity index (χ0n) is 18.7. The maximum absolute atomic E-state index is 12.9. The summed E-state index contributed by atoms with van der Waals surface area (Å²) in [6.07, 6.45) is 1.54. The van der Waals surface area contributed by atoms with Gasteiger partial charge in [-0.1, -0.05) is 60.1 Å². The third-order valence-electron chi connectivity index (χ3n) is 5.26. The molecule has 0 saturated heterocycles. The number of rotatable bonds is 7. The molecule has 0 aliphatic rings. The summed E-state index contributed by atoms with van der Waals surface area (Å²) in [6.45, 7) is 0.343. The van der Waals surface area contributed by atoms with Crippen LogP contribution in [0, 0.1) is 14.9 Å². The fourth-order valence-corrected chi connectivity index (χ4v) is 4.45. The maximum Gasteiger partial charge on any atom is 0.266 e. The lowest BCUT2D eigenvalue weighted by molar-refractivity contribution is -0.112. The summed E-state index contributed by atoms with van der Waals surface area (Å²) in [6, 6.07) is 26.4. The summed E-state index contributed by atoms with van der Waals surface area (Å²) in [5, 5.41) is 15.1. The van der Waals surface area contributed by atoms with Crippen molar-refractivity contribution in [1.29, 1.82) is 5.26 Å². The van der Waals surface area contributed by atoms with Crippen molar-refractivity contribution in [3.63, 3.8) is 0 Å². The van der Waals surface area contributed by atoms with Gasteiger partial charge in [0.05, 0.1) is 10.7 Å². The summed E-state index contributed by atoms with van der Waals surface area (Å²) in [4.78, 5) is 12.9. The Hall–Kier alpha value is -3.54. The van der Waals surface area contributed by atoms with Gasteiger partial charge in [0.15, 0.2) is 11.5 Å². The SMILES string of the molecule is COc1cc(/C=C(\C#N)C(=O)Nc2cccc3ccccc23)cc(I)c1OCc1ccc(Cl)cc1. The van der Waals surface area contributed by atoms with Crippen LogP contribution in [-0.4, -0.2) is 13.0 Å². The van der Waals surface area contributed by atoms with Crippen LogP contribution in [0.3, 0.4) is 0 Å². The fourth-order valence-electron chi connectivity index (χ4n) is 3.54. The largest absolute Gasteiger partial charge is 0.493 e. The Morgan fingerprint density at radius 2 is 1.83 bits per heavy atom. The van der Waals surface area contributed by atoms with E-state index in [1.165, 1.54) is 6.08 Å². The lowest BCUT2D eigenvalue weighted by Gasteiger charge is -2.14. The second-order valence-corrected chi connectivity index (χ2v) is 9.20. The fraction of sp³-hybridized carbons (Fsp3) is 0.0714. The minimum absolute atomic E-state index is 0.0226. The molecule has 0 spiro atoms. The number of nitriles is 1. The van der Waals surface area contributed by atoms with E-state index in [9.17, 15) is 10.1 Å². The molecular weight excluding hydrogens is 575 g/mol. The van der Waals surface area contributed by atoms with Crippen molar-refractivity contribution in [2.24, 2.45) is 0 Å². The van der Waals surface area contributed by atoms with Crippen molar-refractivity contribution >= 4 is 62.6 Å². The van der Waals surface area contributed by atoms with Crippen LogP contribution in [-0.2, 0) is 11.4 Å². The first-order valence-electron chi connectivity index (χ1n) is 10.6. The van der Waals surface area contributed by atoms with Gasteiger partial charge in [-0.2, -0.15) is 5.26 Å². The molecule has 4 aromatic rings. The van der Waals surface area contributed by atoms with E-state index < -0.39 is 5.91 Å². The van der Waals surface area contributed by atoms with Gasteiger partial charge in [-0.05, 0) is 75.5 Å². The summed E-state index contributed by atoms with van der Waals surface area (Å²) < 4.78 is 12.3. The molecule has 0 atom stereocenters. The quantitative estimate of drug-likeness (QED) is 0.139. The second-order valence-electron chi connectivity index (χ2n) is 7.60. The minimum atomic E-state index is -0.485.